The minimum absolute atomic E-state index is 0.0121. The average molecular weight is 760 g/mol. The number of carboxylic acid groups (broad SMARTS) is 1. The van der Waals surface area contributed by atoms with Gasteiger partial charge in [0.15, 0.2) is 0 Å². The molecule has 0 saturated heterocycles. The lowest BCUT2D eigenvalue weighted by Crippen LogP contribution is -2.50. The molecule has 3 amide bonds. The Morgan fingerprint density at radius 3 is 1.72 bits per heavy atom. The van der Waals surface area contributed by atoms with Gasteiger partial charge in [0, 0.05) is 46.1 Å². The second-order valence-electron chi connectivity index (χ2n) is 16.0. The van der Waals surface area contributed by atoms with Crippen LogP contribution >= 0.6 is 0 Å². The normalized spacial score (nSPS) is 15.5. The Bertz CT molecular complexity index is 2590. The number of aromatic nitrogens is 2. The number of carbonyl (C=O) groups is 4. The summed E-state index contributed by atoms with van der Waals surface area (Å²) in [5.41, 5.74) is 6.62. The lowest BCUT2D eigenvalue weighted by atomic mass is 9.78. The number of nitrogens with one attached hydrogen (secondary N) is 3. The van der Waals surface area contributed by atoms with Crippen molar-refractivity contribution in [3.05, 3.63) is 120 Å². The third-order valence-corrected chi connectivity index (χ3v) is 11.2. The van der Waals surface area contributed by atoms with Crippen molar-refractivity contribution in [2.24, 2.45) is 11.8 Å². The number of benzene rings is 4. The summed E-state index contributed by atoms with van der Waals surface area (Å²) in [4.78, 5) is 56.9. The van der Waals surface area contributed by atoms with E-state index in [1.54, 1.807) is 24.5 Å². The van der Waals surface area contributed by atoms with Crippen molar-refractivity contribution in [3.8, 4) is 22.3 Å². The smallest absolute Gasteiger partial charge is 0.336 e. The van der Waals surface area contributed by atoms with Crippen molar-refractivity contribution in [1.82, 2.24) is 15.3 Å². The van der Waals surface area contributed by atoms with Gasteiger partial charge in [-0.25, -0.2) is 14.8 Å². The van der Waals surface area contributed by atoms with Crippen LogP contribution in [0.3, 0.4) is 0 Å². The first-order chi connectivity index (χ1) is 27.4. The molecule has 4 aromatic carbocycles. The molecule has 0 spiro atoms. The molecule has 2 heterocycles. The van der Waals surface area contributed by atoms with Gasteiger partial charge in [0.2, 0.25) is 11.8 Å². The number of rotatable bonds is 9. The molecule has 3 aliphatic carbocycles. The van der Waals surface area contributed by atoms with Crippen LogP contribution in [0.15, 0.2) is 97.3 Å². The molecule has 0 bridgehead atoms. The zero-order valence-electron chi connectivity index (χ0n) is 32.3. The quantitative estimate of drug-likeness (QED) is 0.115. The number of aryl methyl sites for hydroxylation is 2. The van der Waals surface area contributed by atoms with Gasteiger partial charge in [-0.3, -0.25) is 14.4 Å². The molecule has 6 aromatic rings. The molecule has 57 heavy (non-hydrogen) atoms. The highest BCUT2D eigenvalue weighted by Crippen LogP contribution is 2.34. The summed E-state index contributed by atoms with van der Waals surface area (Å²) in [7, 11) is 0. The first kappa shape index (κ1) is 37.5. The zero-order chi connectivity index (χ0) is 39.8. The number of fused-ring (bicyclic) bond motifs is 2. The van der Waals surface area contributed by atoms with Crippen LogP contribution < -0.4 is 16.0 Å². The van der Waals surface area contributed by atoms with E-state index < -0.39 is 5.97 Å². The number of amides is 3. The molecular weight excluding hydrogens is 715 g/mol. The highest BCUT2D eigenvalue weighted by molar-refractivity contribution is 6.00. The number of aromatic carboxylic acids is 1. The van der Waals surface area contributed by atoms with Gasteiger partial charge in [0.25, 0.3) is 5.91 Å². The number of anilines is 2. The molecule has 10 nitrogen and oxygen atoms in total. The van der Waals surface area contributed by atoms with E-state index in [0.29, 0.717) is 22.8 Å². The molecule has 10 heteroatoms. The van der Waals surface area contributed by atoms with E-state index in [1.807, 2.05) is 67.6 Å². The van der Waals surface area contributed by atoms with Crippen LogP contribution in [0.1, 0.15) is 83.7 Å². The first-order valence-electron chi connectivity index (χ1n) is 19.6. The second-order valence-corrected chi connectivity index (χ2v) is 16.0. The van der Waals surface area contributed by atoms with Gasteiger partial charge < -0.3 is 21.1 Å². The Balaban J connectivity index is 0.000000162. The van der Waals surface area contributed by atoms with Crippen LogP contribution in [0, 0.1) is 25.7 Å². The minimum Gasteiger partial charge on any atom is -0.478 e. The summed E-state index contributed by atoms with van der Waals surface area (Å²) in [6, 6.07) is 26.9. The van der Waals surface area contributed by atoms with Crippen LogP contribution in [-0.4, -0.2) is 44.3 Å². The molecule has 0 aliphatic heterocycles. The largest absolute Gasteiger partial charge is 0.478 e. The Labute approximate surface area is 331 Å². The molecule has 3 saturated carbocycles. The lowest BCUT2D eigenvalue weighted by Gasteiger charge is -2.39. The van der Waals surface area contributed by atoms with E-state index in [2.05, 4.69) is 51.9 Å². The van der Waals surface area contributed by atoms with Gasteiger partial charge >= 0.3 is 5.97 Å². The van der Waals surface area contributed by atoms with E-state index >= 15 is 0 Å². The van der Waals surface area contributed by atoms with Crippen molar-refractivity contribution < 1.29 is 24.3 Å². The molecule has 0 radical (unpaired) electrons. The average Bonchev–Trinajstić information content (AvgIpc) is 4.11. The summed E-state index contributed by atoms with van der Waals surface area (Å²) in [6.07, 6.45) is 10.6. The van der Waals surface area contributed by atoms with Crippen molar-refractivity contribution >= 4 is 56.9 Å². The minimum atomic E-state index is -0.948. The molecule has 0 atom stereocenters. The maximum atomic E-state index is 12.8. The third-order valence-electron chi connectivity index (χ3n) is 11.2. The van der Waals surface area contributed by atoms with Crippen molar-refractivity contribution in [2.75, 3.05) is 10.6 Å². The standard InChI is InChI=1S/C26H27N3O2.C21H18N2O3/c1-16-4-5-20(25(31)29-26(2)10-3-11-26)13-22(16)19-9-8-18-14-23(27-15-21(18)12-19)28-24(30)17-6-7-17;1-12-2-7-17(21(25)26)18(8-12)15-6-5-14-10-19(22-11-16(14)9-15)23-20(24)13-3-4-13/h4-5,8-9,12-15,17H,3,6-7,10-11H2,1-2H3,(H,29,31)(H,27,28,30);2,5-11,13H,3-4H2,1H3,(H,25,26)(H,22,23,24). The zero-order valence-corrected chi connectivity index (χ0v) is 32.3. The van der Waals surface area contributed by atoms with Gasteiger partial charge in [-0.05, 0) is 147 Å². The molecule has 3 fully saturated rings. The molecule has 9 rings (SSSR count). The van der Waals surface area contributed by atoms with Crippen molar-refractivity contribution in [3.63, 3.8) is 0 Å². The topological polar surface area (TPSA) is 150 Å². The fraction of sp³-hybridized carbons (Fsp3) is 0.277. The summed E-state index contributed by atoms with van der Waals surface area (Å²) in [5.74, 6) is 0.549. The number of nitrogens with zero attached hydrogens (tertiary/aromatic N) is 2. The van der Waals surface area contributed by atoms with E-state index in [9.17, 15) is 24.3 Å². The van der Waals surface area contributed by atoms with Crippen molar-refractivity contribution in [2.45, 2.75) is 71.3 Å². The van der Waals surface area contributed by atoms with E-state index in [1.165, 1.54) is 6.42 Å². The summed E-state index contributed by atoms with van der Waals surface area (Å²) in [5, 5.41) is 22.2. The first-order valence-corrected chi connectivity index (χ1v) is 19.6. The number of carboxylic acids is 1. The lowest BCUT2D eigenvalue weighted by molar-refractivity contribution is -0.118. The van der Waals surface area contributed by atoms with Gasteiger partial charge in [-0.2, -0.15) is 0 Å². The molecule has 0 unspecified atom stereocenters. The number of carbonyl (C=O) groups excluding carboxylic acids is 3. The van der Waals surface area contributed by atoms with Gasteiger partial charge in [-0.15, -0.1) is 0 Å². The van der Waals surface area contributed by atoms with Gasteiger partial charge in [0.05, 0.1) is 5.56 Å². The Morgan fingerprint density at radius 2 is 1.21 bits per heavy atom. The SMILES string of the molecule is Cc1ccc(C(=O)NC2(C)CCC2)cc1-c1ccc2cc(NC(=O)C3CC3)ncc2c1.Cc1ccc(C(=O)O)c(-c2ccc3cc(NC(=O)C4CC4)ncc3c2)c1. The van der Waals surface area contributed by atoms with Crippen molar-refractivity contribution in [1.29, 1.82) is 0 Å². The summed E-state index contributed by atoms with van der Waals surface area (Å²) in [6.45, 7) is 6.11. The van der Waals surface area contributed by atoms with Gasteiger partial charge in [0.1, 0.15) is 11.6 Å². The Morgan fingerprint density at radius 1 is 0.649 bits per heavy atom. The van der Waals surface area contributed by atoms with E-state index in [-0.39, 0.29) is 40.7 Å². The third kappa shape index (κ3) is 8.55. The van der Waals surface area contributed by atoms with E-state index in [4.69, 9.17) is 0 Å². The maximum Gasteiger partial charge on any atom is 0.336 e. The molecule has 4 N–H and O–H groups in total. The number of pyridine rings is 2. The number of hydrogen-bond donors (Lipinski definition) is 4. The highest BCUT2D eigenvalue weighted by Gasteiger charge is 2.34. The summed E-state index contributed by atoms with van der Waals surface area (Å²) >= 11 is 0. The van der Waals surface area contributed by atoms with Crippen LogP contribution in [0.25, 0.3) is 43.8 Å². The summed E-state index contributed by atoms with van der Waals surface area (Å²) < 4.78 is 0. The van der Waals surface area contributed by atoms with Crippen LogP contribution in [0.4, 0.5) is 11.6 Å². The Kier molecular flexibility index (Phi) is 10.0. The second kappa shape index (κ2) is 15.3. The molecular formula is C47H45N5O5. The molecule has 288 valence electrons. The van der Waals surface area contributed by atoms with Gasteiger partial charge in [-0.1, -0.05) is 48.0 Å². The maximum absolute atomic E-state index is 12.8. The highest BCUT2D eigenvalue weighted by atomic mass is 16.4. The number of hydrogen-bond acceptors (Lipinski definition) is 6. The molecule has 2 aromatic heterocycles. The van der Waals surface area contributed by atoms with E-state index in [0.717, 1.165) is 87.9 Å². The van der Waals surface area contributed by atoms with Crippen LogP contribution in [0.2, 0.25) is 0 Å². The predicted molar refractivity (Wildman–Crippen MR) is 223 cm³/mol. The molecule has 3 aliphatic rings. The fourth-order valence-corrected chi connectivity index (χ4v) is 7.24. The predicted octanol–water partition coefficient (Wildman–Crippen LogP) is 9.49. The van der Waals surface area contributed by atoms with Crippen LogP contribution in [-0.2, 0) is 9.59 Å². The monoisotopic (exact) mass is 759 g/mol. The fourth-order valence-electron chi connectivity index (χ4n) is 7.24. The van der Waals surface area contributed by atoms with Crippen LogP contribution in [0.5, 0.6) is 0 Å². The Hall–Kier alpha value is -6.42.